The molecular formula is C14H21ClN4O2. The van der Waals surface area contributed by atoms with Crippen molar-refractivity contribution in [2.45, 2.75) is 32.7 Å². The van der Waals surface area contributed by atoms with Crippen molar-refractivity contribution in [1.82, 2.24) is 15.3 Å². The maximum absolute atomic E-state index is 12.3. The Hall–Kier alpha value is -1.40. The van der Waals surface area contributed by atoms with Crippen molar-refractivity contribution in [3.63, 3.8) is 0 Å². The minimum Gasteiger partial charge on any atom is -0.377 e. The molecule has 7 heteroatoms. The van der Waals surface area contributed by atoms with Crippen LogP contribution in [-0.2, 0) is 16.0 Å². The smallest absolute Gasteiger partial charge is 0.245 e. The summed E-state index contributed by atoms with van der Waals surface area (Å²) < 4.78 is 5.46. The fourth-order valence-electron chi connectivity index (χ4n) is 2.37. The first-order valence-electron chi connectivity index (χ1n) is 7.30. The monoisotopic (exact) mass is 312 g/mol. The maximum atomic E-state index is 12.3. The summed E-state index contributed by atoms with van der Waals surface area (Å²) in [6, 6.07) is -0.374. The summed E-state index contributed by atoms with van der Waals surface area (Å²) >= 11 is 6.15. The summed E-state index contributed by atoms with van der Waals surface area (Å²) in [6.45, 7) is 6.23. The molecule has 1 unspecified atom stereocenters. The van der Waals surface area contributed by atoms with Gasteiger partial charge in [-0.15, -0.1) is 0 Å². The molecule has 21 heavy (non-hydrogen) atoms. The van der Waals surface area contributed by atoms with Gasteiger partial charge in [-0.05, 0) is 12.8 Å². The zero-order chi connectivity index (χ0) is 15.2. The van der Waals surface area contributed by atoms with Crippen molar-refractivity contribution in [1.29, 1.82) is 0 Å². The second-order valence-corrected chi connectivity index (χ2v) is 5.25. The number of carbonyl (C=O) groups is 1. The van der Waals surface area contributed by atoms with E-state index in [1.165, 1.54) is 6.33 Å². The van der Waals surface area contributed by atoms with Crippen LogP contribution >= 0.6 is 11.6 Å². The largest absolute Gasteiger partial charge is 0.377 e. The van der Waals surface area contributed by atoms with Crippen molar-refractivity contribution in [2.75, 3.05) is 31.2 Å². The number of carbonyl (C=O) groups excluding carboxylic acids is 1. The van der Waals surface area contributed by atoms with Crippen LogP contribution in [0.25, 0.3) is 0 Å². The summed E-state index contributed by atoms with van der Waals surface area (Å²) in [5, 5.41) is 3.36. The van der Waals surface area contributed by atoms with Crippen molar-refractivity contribution >= 4 is 23.3 Å². The Balaban J connectivity index is 2.26. The Labute approximate surface area is 129 Å². The molecule has 0 radical (unpaired) electrons. The van der Waals surface area contributed by atoms with E-state index >= 15 is 0 Å². The Bertz CT molecular complexity index is 498. The van der Waals surface area contributed by atoms with E-state index in [-0.39, 0.29) is 11.9 Å². The normalized spacial score (nSPS) is 18.6. The molecule has 1 N–H and O–H groups in total. The first-order chi connectivity index (χ1) is 10.2. The van der Waals surface area contributed by atoms with E-state index in [0.29, 0.717) is 31.5 Å². The lowest BCUT2D eigenvalue weighted by Gasteiger charge is -2.36. The number of halogens is 1. The summed E-state index contributed by atoms with van der Waals surface area (Å²) in [7, 11) is 0. The van der Waals surface area contributed by atoms with Crippen molar-refractivity contribution in [3.05, 3.63) is 17.0 Å². The highest BCUT2D eigenvalue weighted by atomic mass is 35.5. The number of anilines is 1. The topological polar surface area (TPSA) is 67.3 Å². The van der Waals surface area contributed by atoms with Gasteiger partial charge < -0.3 is 15.0 Å². The van der Waals surface area contributed by atoms with Crippen LogP contribution in [0.3, 0.4) is 0 Å². The molecule has 0 bridgehead atoms. The average Bonchev–Trinajstić information content (AvgIpc) is 2.52. The Morgan fingerprint density at radius 2 is 2.33 bits per heavy atom. The Kier molecular flexibility index (Phi) is 5.76. The van der Waals surface area contributed by atoms with E-state index < -0.39 is 0 Å². The van der Waals surface area contributed by atoms with Gasteiger partial charge in [0.1, 0.15) is 23.3 Å². The molecule has 6 nitrogen and oxygen atoms in total. The third kappa shape index (κ3) is 3.63. The van der Waals surface area contributed by atoms with Crippen LogP contribution in [0, 0.1) is 0 Å². The van der Waals surface area contributed by atoms with Gasteiger partial charge in [0.05, 0.1) is 13.2 Å². The molecule has 1 aromatic heterocycles. The number of amides is 1. The van der Waals surface area contributed by atoms with Gasteiger partial charge in [0.15, 0.2) is 0 Å². The van der Waals surface area contributed by atoms with Gasteiger partial charge in [-0.2, -0.15) is 0 Å². The number of aromatic nitrogens is 2. The number of rotatable bonds is 5. The summed E-state index contributed by atoms with van der Waals surface area (Å²) in [5.74, 6) is 0.700. The van der Waals surface area contributed by atoms with Crippen LogP contribution in [0.1, 0.15) is 25.8 Å². The van der Waals surface area contributed by atoms with Crippen LogP contribution < -0.4 is 10.2 Å². The molecule has 2 heterocycles. The fourth-order valence-corrected chi connectivity index (χ4v) is 2.64. The highest BCUT2D eigenvalue weighted by Crippen LogP contribution is 2.26. The Morgan fingerprint density at radius 1 is 1.52 bits per heavy atom. The predicted molar refractivity (Wildman–Crippen MR) is 81.7 cm³/mol. The van der Waals surface area contributed by atoms with Gasteiger partial charge in [0.25, 0.3) is 0 Å². The third-order valence-corrected chi connectivity index (χ3v) is 3.80. The van der Waals surface area contributed by atoms with Crippen molar-refractivity contribution in [3.8, 4) is 0 Å². The fraction of sp³-hybridized carbons (Fsp3) is 0.643. The summed E-state index contributed by atoms with van der Waals surface area (Å²) in [6.07, 6.45) is 3.06. The van der Waals surface area contributed by atoms with Crippen LogP contribution in [0.4, 0.5) is 5.82 Å². The molecule has 1 aliphatic rings. The minimum atomic E-state index is -0.374. The van der Waals surface area contributed by atoms with Gasteiger partial charge in [0, 0.05) is 18.7 Å². The third-order valence-electron chi connectivity index (χ3n) is 3.48. The number of nitrogens with zero attached hydrogens (tertiary/aromatic N) is 3. The second kappa shape index (κ2) is 7.56. The molecular weight excluding hydrogens is 292 g/mol. The van der Waals surface area contributed by atoms with Gasteiger partial charge in [-0.1, -0.05) is 25.4 Å². The highest BCUT2D eigenvalue weighted by molar-refractivity contribution is 6.30. The first-order valence-corrected chi connectivity index (χ1v) is 7.68. The molecule has 2 rings (SSSR count). The molecule has 116 valence electrons. The number of hydrogen-bond acceptors (Lipinski definition) is 5. The van der Waals surface area contributed by atoms with Gasteiger partial charge in [-0.3, -0.25) is 4.79 Å². The standard InChI is InChI=1S/C14H21ClN4O2/c1-3-5-16-14(20)11-8-21-7-6-19(11)13-10(4-2)12(15)17-9-18-13/h9,11H,3-8H2,1-2H3,(H,16,20). The van der Waals surface area contributed by atoms with Crippen LogP contribution in [0.5, 0.6) is 0 Å². The molecule has 1 atom stereocenters. The molecule has 0 saturated carbocycles. The molecule has 1 fully saturated rings. The molecule has 0 aliphatic carbocycles. The SMILES string of the molecule is CCCNC(=O)C1COCCN1c1ncnc(Cl)c1CC. The summed E-state index contributed by atoms with van der Waals surface area (Å²) in [4.78, 5) is 22.7. The maximum Gasteiger partial charge on any atom is 0.245 e. The lowest BCUT2D eigenvalue weighted by atomic mass is 10.1. The van der Waals surface area contributed by atoms with Crippen molar-refractivity contribution < 1.29 is 9.53 Å². The molecule has 1 aromatic rings. The predicted octanol–water partition coefficient (Wildman–Crippen LogP) is 1.42. The summed E-state index contributed by atoms with van der Waals surface area (Å²) in [5.41, 5.74) is 0.870. The van der Waals surface area contributed by atoms with Gasteiger partial charge in [-0.25, -0.2) is 9.97 Å². The average molecular weight is 313 g/mol. The molecule has 1 aliphatic heterocycles. The number of morpholine rings is 1. The Morgan fingerprint density at radius 3 is 3.05 bits per heavy atom. The second-order valence-electron chi connectivity index (χ2n) is 4.90. The number of hydrogen-bond donors (Lipinski definition) is 1. The van der Waals surface area contributed by atoms with E-state index in [1.54, 1.807) is 0 Å². The van der Waals surface area contributed by atoms with Crippen molar-refractivity contribution in [2.24, 2.45) is 0 Å². The highest BCUT2D eigenvalue weighted by Gasteiger charge is 2.31. The van der Waals surface area contributed by atoms with E-state index in [9.17, 15) is 4.79 Å². The molecule has 0 spiro atoms. The van der Waals surface area contributed by atoms with E-state index in [0.717, 1.165) is 24.2 Å². The number of nitrogens with one attached hydrogen (secondary N) is 1. The van der Waals surface area contributed by atoms with Crippen LogP contribution in [-0.4, -0.2) is 48.2 Å². The van der Waals surface area contributed by atoms with Gasteiger partial charge >= 0.3 is 0 Å². The van der Waals surface area contributed by atoms with Crippen LogP contribution in [0.15, 0.2) is 6.33 Å². The minimum absolute atomic E-state index is 0.0339. The van der Waals surface area contributed by atoms with Gasteiger partial charge in [0.2, 0.25) is 5.91 Å². The quantitative estimate of drug-likeness (QED) is 0.833. The lowest BCUT2D eigenvalue weighted by molar-refractivity contribution is -0.124. The number of ether oxygens (including phenoxy) is 1. The molecule has 1 saturated heterocycles. The van der Waals surface area contributed by atoms with Crippen LogP contribution in [0.2, 0.25) is 5.15 Å². The molecule has 0 aromatic carbocycles. The zero-order valence-corrected chi connectivity index (χ0v) is 13.2. The first kappa shape index (κ1) is 16.0. The molecule has 1 amide bonds. The van der Waals surface area contributed by atoms with E-state index in [4.69, 9.17) is 16.3 Å². The van der Waals surface area contributed by atoms with E-state index in [1.807, 2.05) is 18.7 Å². The van der Waals surface area contributed by atoms with E-state index in [2.05, 4.69) is 15.3 Å². The zero-order valence-electron chi connectivity index (χ0n) is 12.4. The lowest BCUT2D eigenvalue weighted by Crippen LogP contribution is -2.54.